The Kier molecular flexibility index (Phi) is 11.0. The van der Waals surface area contributed by atoms with E-state index >= 15 is 0 Å². The van der Waals surface area contributed by atoms with E-state index < -0.39 is 100 Å². The van der Waals surface area contributed by atoms with Gasteiger partial charge in [-0.1, -0.05) is 62.1 Å². The van der Waals surface area contributed by atoms with Gasteiger partial charge in [0.25, 0.3) is 0 Å². The van der Waals surface area contributed by atoms with Crippen molar-refractivity contribution in [2.24, 2.45) is 17.3 Å². The number of hydrogen-bond donors (Lipinski definition) is 2. The number of carbonyl (C=O) groups excluding carboxylic acids is 6. The number of aliphatic hydroxyl groups is 2. The van der Waals surface area contributed by atoms with E-state index in [0.29, 0.717) is 0 Å². The molecule has 1 saturated carbocycles. The number of Topliss-reactive ketones (excluding diaryl/α,β-unsaturated/α-hetero) is 2. The quantitative estimate of drug-likeness (QED) is 0.255. The lowest BCUT2D eigenvalue weighted by molar-refractivity contribution is -0.182. The maximum absolute atomic E-state index is 14.7. The molecule has 1 fully saturated rings. The molecule has 0 aromatic heterocycles. The molecule has 12 nitrogen and oxygen atoms in total. The molecule has 2 aromatic carbocycles. The second-order valence-corrected chi connectivity index (χ2v) is 13.6. The largest absolute Gasteiger partial charge is 0.459 e. The van der Waals surface area contributed by atoms with Gasteiger partial charge < -0.3 is 29.2 Å². The van der Waals surface area contributed by atoms with Gasteiger partial charge in [0.1, 0.15) is 17.8 Å². The van der Waals surface area contributed by atoms with E-state index in [0.717, 1.165) is 13.8 Å². The van der Waals surface area contributed by atoms with Gasteiger partial charge in [-0.15, -0.1) is 0 Å². The second kappa shape index (κ2) is 14.5. The monoisotopic (exact) mass is 690 g/mol. The molecule has 2 N–H and O–H groups in total. The first-order valence-electron chi connectivity index (χ1n) is 16.1. The van der Waals surface area contributed by atoms with E-state index in [1.807, 2.05) is 0 Å². The maximum atomic E-state index is 14.7. The normalized spacial score (nSPS) is 31.6. The molecule has 12 heteroatoms. The summed E-state index contributed by atoms with van der Waals surface area (Å²) >= 11 is 0. The molecule has 0 amide bonds. The Morgan fingerprint density at radius 3 is 1.76 bits per heavy atom. The number of rotatable bonds is 6. The lowest BCUT2D eigenvalue weighted by Gasteiger charge is -2.42. The van der Waals surface area contributed by atoms with E-state index in [2.05, 4.69) is 6.58 Å². The smallest absolute Gasteiger partial charge is 0.338 e. The Hall–Kier alpha value is -4.94. The molecule has 50 heavy (non-hydrogen) atoms. The van der Waals surface area contributed by atoms with Gasteiger partial charge in [-0.2, -0.15) is 0 Å². The molecule has 0 radical (unpaired) electrons. The van der Waals surface area contributed by atoms with Crippen LogP contribution in [-0.2, 0) is 38.1 Å². The highest BCUT2D eigenvalue weighted by atomic mass is 16.6. The number of aliphatic hydroxyl groups excluding tert-OH is 1. The third-order valence-corrected chi connectivity index (χ3v) is 9.08. The zero-order valence-electron chi connectivity index (χ0n) is 28.8. The van der Waals surface area contributed by atoms with Crippen LogP contribution in [0.1, 0.15) is 68.7 Å². The highest BCUT2D eigenvalue weighted by Crippen LogP contribution is 2.52. The minimum atomic E-state index is -2.35. The van der Waals surface area contributed by atoms with Crippen LogP contribution >= 0.6 is 0 Å². The molecular weight excluding hydrogens is 648 g/mol. The van der Waals surface area contributed by atoms with Gasteiger partial charge in [-0.3, -0.25) is 19.2 Å². The predicted octanol–water partition coefficient (Wildman–Crippen LogP) is 3.73. The zero-order chi connectivity index (χ0) is 37.2. The molecule has 2 aromatic rings. The minimum absolute atomic E-state index is 0.0245. The summed E-state index contributed by atoms with van der Waals surface area (Å²) in [4.78, 5) is 81.3. The molecule has 0 heterocycles. The second-order valence-electron chi connectivity index (χ2n) is 13.6. The van der Waals surface area contributed by atoms with E-state index in [-0.39, 0.29) is 11.1 Å². The van der Waals surface area contributed by atoms with Crippen LogP contribution in [-0.4, -0.2) is 81.3 Å². The highest BCUT2D eigenvalue weighted by Gasteiger charge is 2.70. The average Bonchev–Trinajstić information content (AvgIpc) is 3.28. The fourth-order valence-corrected chi connectivity index (χ4v) is 6.68. The summed E-state index contributed by atoms with van der Waals surface area (Å²) in [6.07, 6.45) is -5.51. The summed E-state index contributed by atoms with van der Waals surface area (Å²) in [5.41, 5.74) is -6.25. The van der Waals surface area contributed by atoms with Crippen molar-refractivity contribution in [2.45, 2.75) is 83.6 Å². The summed E-state index contributed by atoms with van der Waals surface area (Å²) < 4.78 is 23.3. The average molecular weight is 691 g/mol. The number of esters is 4. The highest BCUT2D eigenvalue weighted by molar-refractivity contribution is 5.96. The fourth-order valence-electron chi connectivity index (χ4n) is 6.68. The number of ether oxygens (including phenoxy) is 4. The molecule has 8 atom stereocenters. The van der Waals surface area contributed by atoms with Gasteiger partial charge in [0.05, 0.1) is 17.0 Å². The molecule has 0 aliphatic heterocycles. The standard InChI is InChI=1S/C38H42O12/c1-21-18-19-36(5,6)32(43)28(41)30(49-35(45)26-16-12-9-13-17-26)22(2)29(48-34(44)25-14-10-8-11-15-25)27-33(47-23(3)39)37(7,46)20-38(27,31(21)42)50-24(4)40/h8-19,21,27-30,33,41,46H,2,20H2,1,3-7H3/b19-18-/t21-,27-,28+,29-,30-,33+,37+,38+/m0/s1. The van der Waals surface area contributed by atoms with Crippen molar-refractivity contribution in [1.82, 2.24) is 0 Å². The van der Waals surface area contributed by atoms with Crippen molar-refractivity contribution < 1.29 is 57.9 Å². The van der Waals surface area contributed by atoms with E-state index in [1.54, 1.807) is 36.4 Å². The lowest BCUT2D eigenvalue weighted by Crippen LogP contribution is -2.58. The summed E-state index contributed by atoms with van der Waals surface area (Å²) in [5, 5.41) is 23.6. The van der Waals surface area contributed by atoms with Gasteiger partial charge in [-0.05, 0) is 45.0 Å². The molecular formula is C38H42O12. The maximum Gasteiger partial charge on any atom is 0.338 e. The van der Waals surface area contributed by atoms with Crippen molar-refractivity contribution in [3.63, 3.8) is 0 Å². The third kappa shape index (κ3) is 7.61. The van der Waals surface area contributed by atoms with Crippen LogP contribution in [0.4, 0.5) is 0 Å². The van der Waals surface area contributed by atoms with Crippen LogP contribution in [0.2, 0.25) is 0 Å². The number of hydrogen-bond acceptors (Lipinski definition) is 12. The fraction of sp³-hybridized carbons (Fsp3) is 0.421. The molecule has 266 valence electrons. The molecule has 0 unspecified atom stereocenters. The summed E-state index contributed by atoms with van der Waals surface area (Å²) in [5.74, 6) is -8.28. The summed E-state index contributed by atoms with van der Waals surface area (Å²) in [6.45, 7) is 11.8. The summed E-state index contributed by atoms with van der Waals surface area (Å²) in [7, 11) is 0. The number of fused-ring (bicyclic) bond motifs is 1. The number of carbonyl (C=O) groups is 6. The topological polar surface area (TPSA) is 180 Å². The lowest BCUT2D eigenvalue weighted by atomic mass is 9.72. The zero-order valence-corrected chi connectivity index (χ0v) is 28.8. The van der Waals surface area contributed by atoms with E-state index in [4.69, 9.17) is 18.9 Å². The van der Waals surface area contributed by atoms with Gasteiger partial charge in [0, 0.05) is 37.2 Å². The predicted molar refractivity (Wildman–Crippen MR) is 177 cm³/mol. The third-order valence-electron chi connectivity index (χ3n) is 9.08. The van der Waals surface area contributed by atoms with Crippen molar-refractivity contribution in [2.75, 3.05) is 0 Å². The van der Waals surface area contributed by atoms with Gasteiger partial charge >= 0.3 is 23.9 Å². The molecule has 2 aliphatic carbocycles. The van der Waals surface area contributed by atoms with Crippen molar-refractivity contribution in [1.29, 1.82) is 0 Å². The first kappa shape index (κ1) is 37.9. The number of benzene rings is 2. The molecule has 0 bridgehead atoms. The molecule has 0 spiro atoms. The molecule has 0 saturated heterocycles. The van der Waals surface area contributed by atoms with E-state index in [9.17, 15) is 39.0 Å². The van der Waals surface area contributed by atoms with Crippen LogP contribution in [0.5, 0.6) is 0 Å². The first-order chi connectivity index (χ1) is 23.3. The van der Waals surface area contributed by atoms with Crippen LogP contribution in [0.25, 0.3) is 0 Å². The Labute approximate surface area is 290 Å². The van der Waals surface area contributed by atoms with Gasteiger partial charge in [0.2, 0.25) is 0 Å². The van der Waals surface area contributed by atoms with Crippen LogP contribution < -0.4 is 0 Å². The summed E-state index contributed by atoms with van der Waals surface area (Å²) in [6, 6.07) is 15.3. The molecule has 2 aliphatic rings. The Morgan fingerprint density at radius 2 is 1.28 bits per heavy atom. The van der Waals surface area contributed by atoms with Crippen LogP contribution in [0, 0.1) is 17.3 Å². The molecule has 4 rings (SSSR count). The number of ketones is 2. The Balaban J connectivity index is 2.06. The first-order valence-corrected chi connectivity index (χ1v) is 16.1. The van der Waals surface area contributed by atoms with Gasteiger partial charge in [0.15, 0.2) is 29.4 Å². The van der Waals surface area contributed by atoms with E-state index in [1.165, 1.54) is 64.1 Å². The Morgan fingerprint density at radius 1 is 0.780 bits per heavy atom. The van der Waals surface area contributed by atoms with Crippen LogP contribution in [0.15, 0.2) is 85.0 Å². The van der Waals surface area contributed by atoms with Crippen molar-refractivity contribution in [3.05, 3.63) is 96.1 Å². The Bertz CT molecular complexity index is 1690. The SMILES string of the molecule is C=C1[C@H](OC(=O)c2ccccc2)[C@H]2[C@@H](OC(C)=O)[C@](C)(O)C[C@]2(OC(C)=O)C(=O)[C@@H](C)/C=C\C(C)(C)C(=O)[C@H](O)[C@H]1OC(=O)c1ccccc1. The van der Waals surface area contributed by atoms with Crippen LogP contribution in [0.3, 0.4) is 0 Å². The number of allylic oxidation sites excluding steroid dienone is 2. The minimum Gasteiger partial charge on any atom is -0.459 e. The van der Waals surface area contributed by atoms with Crippen molar-refractivity contribution >= 4 is 35.4 Å². The van der Waals surface area contributed by atoms with Gasteiger partial charge in [-0.25, -0.2) is 9.59 Å². The van der Waals surface area contributed by atoms with Crippen molar-refractivity contribution in [3.8, 4) is 0 Å².